The number of primary amides is 1. The molecular formula is C27H30N2O10. The van der Waals surface area contributed by atoms with Crippen molar-refractivity contribution < 1.29 is 49.4 Å². The monoisotopic (exact) mass is 542 g/mol. The molecule has 1 aromatic carbocycles. The van der Waals surface area contributed by atoms with Crippen LogP contribution in [0.5, 0.6) is 5.75 Å². The van der Waals surface area contributed by atoms with Gasteiger partial charge in [-0.1, -0.05) is 19.1 Å². The number of rotatable bonds is 5. The minimum Gasteiger partial charge on any atom is -0.508 e. The van der Waals surface area contributed by atoms with Crippen LogP contribution in [-0.4, -0.2) is 92.3 Å². The van der Waals surface area contributed by atoms with Crippen LogP contribution in [0.2, 0.25) is 0 Å². The lowest BCUT2D eigenvalue weighted by molar-refractivity contribution is -0.169. The van der Waals surface area contributed by atoms with E-state index >= 15 is 0 Å². The molecule has 0 aromatic heterocycles. The van der Waals surface area contributed by atoms with E-state index in [9.17, 15) is 44.7 Å². The van der Waals surface area contributed by atoms with Crippen molar-refractivity contribution in [1.82, 2.24) is 4.90 Å². The lowest BCUT2D eigenvalue weighted by atomic mass is 9.54. The van der Waals surface area contributed by atoms with E-state index in [1.807, 2.05) is 0 Å². The predicted molar refractivity (Wildman–Crippen MR) is 136 cm³/mol. The number of ether oxygens (including phenoxy) is 1. The number of benzene rings is 1. The van der Waals surface area contributed by atoms with Crippen LogP contribution in [0.4, 0.5) is 0 Å². The Hall–Kier alpha value is -4.00. The first-order valence-corrected chi connectivity index (χ1v) is 12.2. The lowest BCUT2D eigenvalue weighted by Gasteiger charge is -2.53. The molecule has 4 rings (SSSR count). The summed E-state index contributed by atoms with van der Waals surface area (Å²) in [6, 6.07) is 1.61. The van der Waals surface area contributed by atoms with Crippen molar-refractivity contribution in [1.29, 1.82) is 0 Å². The number of carbonyl (C=O) groups is 4. The summed E-state index contributed by atoms with van der Waals surface area (Å²) in [5, 5.41) is 56.5. The van der Waals surface area contributed by atoms with Crippen LogP contribution in [0, 0.1) is 11.8 Å². The van der Waals surface area contributed by atoms with Gasteiger partial charge in [0.15, 0.2) is 11.4 Å². The van der Waals surface area contributed by atoms with E-state index in [0.29, 0.717) is 5.56 Å². The smallest absolute Gasteiger partial charge is 0.330 e. The number of hydrogen-bond donors (Lipinski definition) is 6. The lowest BCUT2D eigenvalue weighted by Crippen LogP contribution is -2.70. The number of aliphatic hydroxyl groups excluding tert-OH is 3. The number of hydrogen-bond acceptors (Lipinski definition) is 11. The third-order valence-corrected chi connectivity index (χ3v) is 7.85. The number of Topliss-reactive ketones (excluding diaryl/α,β-unsaturated/α-hetero) is 2. The Bertz CT molecular complexity index is 1390. The number of amides is 1. The summed E-state index contributed by atoms with van der Waals surface area (Å²) in [6.45, 7) is 3.39. The fourth-order valence-electron chi connectivity index (χ4n) is 6.12. The van der Waals surface area contributed by atoms with E-state index < -0.39 is 87.4 Å². The summed E-state index contributed by atoms with van der Waals surface area (Å²) >= 11 is 0. The van der Waals surface area contributed by atoms with Gasteiger partial charge in [0.2, 0.25) is 5.78 Å². The van der Waals surface area contributed by atoms with E-state index in [4.69, 9.17) is 10.5 Å². The minimum absolute atomic E-state index is 0.106. The summed E-state index contributed by atoms with van der Waals surface area (Å²) in [5.41, 5.74) is 1.13. The van der Waals surface area contributed by atoms with Crippen molar-refractivity contribution >= 4 is 35.3 Å². The number of carbonyl (C=O) groups excluding carboxylic acids is 4. The summed E-state index contributed by atoms with van der Waals surface area (Å²) in [4.78, 5) is 52.3. The SMILES string of the molecule is CCOC(=O)/C=C/c1ccc2c(c1O)C(O)=C1C(=O)[C@@]3(O)C(O)=C(C(N)=O)C(=O)[C@H](N(C)C)[C@H]3[C@H](O)[C@H]1[C@@H]2C. The molecule has 0 spiro atoms. The summed E-state index contributed by atoms with van der Waals surface area (Å²) in [5.74, 6) is -10.3. The fraction of sp³-hybridized carbons (Fsp3) is 0.407. The molecule has 1 fully saturated rings. The van der Waals surface area contributed by atoms with Crippen molar-refractivity contribution in [2.24, 2.45) is 17.6 Å². The third-order valence-electron chi connectivity index (χ3n) is 7.85. The Balaban J connectivity index is 1.97. The molecule has 12 nitrogen and oxygen atoms in total. The van der Waals surface area contributed by atoms with Crippen molar-refractivity contribution in [3.05, 3.63) is 51.8 Å². The van der Waals surface area contributed by atoms with Gasteiger partial charge in [0.1, 0.15) is 22.8 Å². The third kappa shape index (κ3) is 3.86. The molecule has 1 aromatic rings. The molecule has 0 saturated heterocycles. The van der Waals surface area contributed by atoms with E-state index in [-0.39, 0.29) is 17.7 Å². The number of nitrogens with zero attached hydrogens (tertiary/aromatic N) is 1. The second kappa shape index (κ2) is 9.63. The topological polar surface area (TPSA) is 208 Å². The zero-order valence-corrected chi connectivity index (χ0v) is 21.7. The highest BCUT2D eigenvalue weighted by Crippen LogP contribution is 2.56. The Labute approximate surface area is 223 Å². The molecule has 0 unspecified atom stereocenters. The van der Waals surface area contributed by atoms with Crippen molar-refractivity contribution in [3.8, 4) is 5.75 Å². The van der Waals surface area contributed by atoms with Gasteiger partial charge in [-0.05, 0) is 38.6 Å². The van der Waals surface area contributed by atoms with Crippen LogP contribution >= 0.6 is 0 Å². The van der Waals surface area contributed by atoms with Gasteiger partial charge in [-0.15, -0.1) is 0 Å². The van der Waals surface area contributed by atoms with E-state index in [1.54, 1.807) is 19.9 Å². The van der Waals surface area contributed by atoms with E-state index in [2.05, 4.69) is 0 Å². The highest BCUT2D eigenvalue weighted by molar-refractivity contribution is 6.24. The second-order valence-electron chi connectivity index (χ2n) is 10.1. The molecule has 0 aliphatic heterocycles. The number of esters is 1. The molecule has 3 aliphatic carbocycles. The molecule has 208 valence electrons. The Morgan fingerprint density at radius 2 is 1.82 bits per heavy atom. The van der Waals surface area contributed by atoms with Crippen molar-refractivity contribution in [3.63, 3.8) is 0 Å². The number of phenols is 1. The quantitative estimate of drug-likeness (QED) is 0.167. The Morgan fingerprint density at radius 3 is 2.38 bits per heavy atom. The van der Waals surface area contributed by atoms with Gasteiger partial charge in [-0.2, -0.15) is 0 Å². The largest absolute Gasteiger partial charge is 0.508 e. The van der Waals surface area contributed by atoms with Gasteiger partial charge < -0.3 is 36.0 Å². The van der Waals surface area contributed by atoms with Gasteiger partial charge in [0.25, 0.3) is 5.91 Å². The molecule has 39 heavy (non-hydrogen) atoms. The first kappa shape index (κ1) is 28.0. The average molecular weight is 543 g/mol. The van der Waals surface area contributed by atoms with Crippen LogP contribution < -0.4 is 5.73 Å². The minimum atomic E-state index is -2.99. The summed E-state index contributed by atoms with van der Waals surface area (Å²) in [7, 11) is 2.87. The number of aromatic hydroxyl groups is 1. The van der Waals surface area contributed by atoms with E-state index in [0.717, 1.165) is 6.08 Å². The van der Waals surface area contributed by atoms with Crippen molar-refractivity contribution in [2.45, 2.75) is 37.5 Å². The van der Waals surface area contributed by atoms with Crippen LogP contribution in [0.1, 0.15) is 36.5 Å². The Kier molecular flexibility index (Phi) is 6.92. The predicted octanol–water partition coefficient (Wildman–Crippen LogP) is 0.0721. The van der Waals surface area contributed by atoms with Crippen LogP contribution in [0.3, 0.4) is 0 Å². The number of aliphatic hydroxyl groups is 4. The average Bonchev–Trinajstić information content (AvgIpc) is 2.85. The van der Waals surface area contributed by atoms with Gasteiger partial charge in [-0.25, -0.2) is 4.79 Å². The zero-order valence-electron chi connectivity index (χ0n) is 21.7. The number of nitrogens with two attached hydrogens (primary N) is 1. The van der Waals surface area contributed by atoms with Gasteiger partial charge in [0.05, 0.1) is 30.2 Å². The molecule has 3 aliphatic rings. The first-order valence-electron chi connectivity index (χ1n) is 12.2. The van der Waals surface area contributed by atoms with Gasteiger partial charge in [-0.3, -0.25) is 19.3 Å². The van der Waals surface area contributed by atoms with Gasteiger partial charge >= 0.3 is 5.97 Å². The van der Waals surface area contributed by atoms with Crippen LogP contribution in [0.15, 0.2) is 35.1 Å². The molecule has 1 amide bonds. The van der Waals surface area contributed by atoms with E-state index in [1.165, 1.54) is 31.1 Å². The van der Waals surface area contributed by atoms with Crippen LogP contribution in [0.25, 0.3) is 11.8 Å². The molecule has 0 heterocycles. The molecule has 6 atom stereocenters. The number of fused-ring (bicyclic) bond motifs is 3. The molecular weight excluding hydrogens is 512 g/mol. The number of ketones is 2. The van der Waals surface area contributed by atoms with Gasteiger partial charge in [0, 0.05) is 23.1 Å². The maximum Gasteiger partial charge on any atom is 0.330 e. The fourth-order valence-corrected chi connectivity index (χ4v) is 6.12. The Morgan fingerprint density at radius 1 is 1.18 bits per heavy atom. The first-order chi connectivity index (χ1) is 18.2. The molecule has 1 saturated carbocycles. The molecule has 7 N–H and O–H groups in total. The molecule has 0 bridgehead atoms. The summed E-state index contributed by atoms with van der Waals surface area (Å²) in [6.07, 6.45) is 0.652. The van der Waals surface area contributed by atoms with Crippen molar-refractivity contribution in [2.75, 3.05) is 20.7 Å². The highest BCUT2D eigenvalue weighted by atomic mass is 16.5. The maximum absolute atomic E-state index is 14.0. The highest BCUT2D eigenvalue weighted by Gasteiger charge is 2.68. The maximum atomic E-state index is 14.0. The normalized spacial score (nSPS) is 30.4. The number of phenolic OH excluding ortho intramolecular Hbond substituents is 1. The number of likely N-dealkylation sites (N-methyl/N-ethyl adjacent to an activating group) is 1. The molecule has 0 radical (unpaired) electrons. The standard InChI is InChI=1S/C27H30N2O10/c1-5-39-13(30)9-7-11-6-8-12-10(2)14-16(21(32)15(12)20(11)31)24(35)27(38)18(22(14)33)19(29(3)4)23(34)17(25(27)36)26(28)37/h6-10,14,18-19,22,31-33,36,38H,5H2,1-4H3,(H2,28,37)/b9-7+/t10-,14+,18+,19-,22-,27-/m1/s1. The summed E-state index contributed by atoms with van der Waals surface area (Å²) < 4.78 is 4.83. The van der Waals surface area contributed by atoms with Crippen LogP contribution in [-0.2, 0) is 23.9 Å². The molecule has 12 heteroatoms. The zero-order chi connectivity index (χ0) is 29.1. The second-order valence-corrected chi connectivity index (χ2v) is 10.1.